The van der Waals surface area contributed by atoms with Gasteiger partial charge in [-0.25, -0.2) is 19.3 Å². The van der Waals surface area contributed by atoms with E-state index < -0.39 is 5.82 Å². The normalized spacial score (nSPS) is 10.4. The Kier molecular flexibility index (Phi) is 2.32. The second kappa shape index (κ2) is 3.62. The van der Waals surface area contributed by atoms with Gasteiger partial charge in [0.1, 0.15) is 6.26 Å². The summed E-state index contributed by atoms with van der Waals surface area (Å²) in [5.74, 6) is -0.823. The molecular weight excluding hydrogens is 207 g/mol. The van der Waals surface area contributed by atoms with Gasteiger partial charge < -0.3 is 10.2 Å². The highest BCUT2D eigenvalue weighted by Gasteiger charge is 2.07. The number of nitrogens with two attached hydrogens (primary N) is 1. The third-order valence-corrected chi connectivity index (χ3v) is 2.09. The molecule has 0 aliphatic carbocycles. The lowest BCUT2D eigenvalue weighted by Gasteiger charge is -1.97. The Hall–Kier alpha value is -1.63. The molecule has 0 saturated heterocycles. The van der Waals surface area contributed by atoms with Crippen LogP contribution < -0.4 is 5.73 Å². The first-order valence-corrected chi connectivity index (χ1v) is 4.43. The van der Waals surface area contributed by atoms with Crippen LogP contribution in [0.2, 0.25) is 0 Å². The summed E-state index contributed by atoms with van der Waals surface area (Å²) >= 11 is 1.07. The van der Waals surface area contributed by atoms with Gasteiger partial charge in [0.2, 0.25) is 0 Å². The van der Waals surface area contributed by atoms with Gasteiger partial charge in [-0.05, 0) is 0 Å². The lowest BCUT2D eigenvalue weighted by Crippen LogP contribution is -1.97. The highest BCUT2D eigenvalue weighted by atomic mass is 32.2. The zero-order valence-electron chi connectivity index (χ0n) is 6.85. The SMILES string of the molecule is Nc1nc(Sc2ncco2)ncc1F. The molecule has 2 rings (SSSR count). The molecule has 0 radical (unpaired) electrons. The molecule has 0 fully saturated rings. The van der Waals surface area contributed by atoms with Gasteiger partial charge in [-0.1, -0.05) is 0 Å². The van der Waals surface area contributed by atoms with Crippen LogP contribution in [0.25, 0.3) is 0 Å². The van der Waals surface area contributed by atoms with Crippen molar-refractivity contribution in [3.05, 3.63) is 24.5 Å². The van der Waals surface area contributed by atoms with Crippen molar-refractivity contribution in [3.8, 4) is 0 Å². The average Bonchev–Trinajstić information content (AvgIpc) is 2.64. The van der Waals surface area contributed by atoms with Crippen molar-refractivity contribution in [2.75, 3.05) is 5.73 Å². The summed E-state index contributed by atoms with van der Waals surface area (Å²) in [7, 11) is 0. The molecule has 0 atom stereocenters. The van der Waals surface area contributed by atoms with E-state index in [2.05, 4.69) is 15.0 Å². The van der Waals surface area contributed by atoms with Crippen molar-refractivity contribution < 1.29 is 8.81 Å². The topological polar surface area (TPSA) is 77.8 Å². The monoisotopic (exact) mass is 212 g/mol. The molecule has 2 aromatic heterocycles. The minimum Gasteiger partial charge on any atom is -0.440 e. The molecule has 14 heavy (non-hydrogen) atoms. The maximum Gasteiger partial charge on any atom is 0.263 e. The molecule has 0 aliphatic heterocycles. The van der Waals surface area contributed by atoms with Crippen molar-refractivity contribution >= 4 is 17.6 Å². The highest BCUT2D eigenvalue weighted by Crippen LogP contribution is 2.23. The number of hydrogen-bond acceptors (Lipinski definition) is 6. The maximum absolute atomic E-state index is 12.7. The van der Waals surface area contributed by atoms with Gasteiger partial charge in [0.15, 0.2) is 16.8 Å². The van der Waals surface area contributed by atoms with E-state index in [-0.39, 0.29) is 5.82 Å². The van der Waals surface area contributed by atoms with Gasteiger partial charge in [0.25, 0.3) is 5.22 Å². The van der Waals surface area contributed by atoms with Crippen LogP contribution in [0.15, 0.2) is 33.5 Å². The van der Waals surface area contributed by atoms with E-state index in [9.17, 15) is 4.39 Å². The summed E-state index contributed by atoms with van der Waals surface area (Å²) in [5.41, 5.74) is 5.26. The standard InChI is InChI=1S/C7H5FN4OS/c8-4-3-11-6(12-5(4)9)14-7-10-1-2-13-7/h1-3H,(H2,9,11,12). The van der Waals surface area contributed by atoms with E-state index >= 15 is 0 Å². The Balaban J connectivity index is 2.22. The first kappa shape index (κ1) is 8.95. The number of halogens is 1. The van der Waals surface area contributed by atoms with Crippen LogP contribution in [0.5, 0.6) is 0 Å². The summed E-state index contributed by atoms with van der Waals surface area (Å²) < 4.78 is 17.6. The smallest absolute Gasteiger partial charge is 0.263 e. The van der Waals surface area contributed by atoms with E-state index in [1.807, 2.05) is 0 Å². The molecule has 0 amide bonds. The minimum atomic E-state index is -0.637. The van der Waals surface area contributed by atoms with Gasteiger partial charge in [-0.3, -0.25) is 0 Å². The Morgan fingerprint density at radius 3 is 2.93 bits per heavy atom. The van der Waals surface area contributed by atoms with E-state index in [1.165, 1.54) is 12.5 Å². The highest BCUT2D eigenvalue weighted by molar-refractivity contribution is 7.98. The molecule has 0 aromatic carbocycles. The largest absolute Gasteiger partial charge is 0.440 e. The lowest BCUT2D eigenvalue weighted by molar-refractivity contribution is 0.453. The number of aromatic nitrogens is 3. The van der Waals surface area contributed by atoms with Crippen molar-refractivity contribution in [2.45, 2.75) is 10.4 Å². The lowest BCUT2D eigenvalue weighted by atomic mass is 10.6. The first-order valence-electron chi connectivity index (χ1n) is 3.61. The van der Waals surface area contributed by atoms with E-state index in [4.69, 9.17) is 10.2 Å². The fourth-order valence-corrected chi connectivity index (χ4v) is 1.37. The number of oxazole rings is 1. The van der Waals surface area contributed by atoms with Crippen LogP contribution in [0.4, 0.5) is 10.2 Å². The van der Waals surface area contributed by atoms with Gasteiger partial charge in [-0.15, -0.1) is 0 Å². The molecule has 0 aliphatic rings. The molecule has 0 unspecified atom stereocenters. The molecule has 7 heteroatoms. The molecule has 2 aromatic rings. The molecule has 72 valence electrons. The second-order valence-corrected chi connectivity index (χ2v) is 3.20. The predicted octanol–water partition coefficient (Wildman–Crippen LogP) is 1.34. The number of nitrogen functional groups attached to an aromatic ring is 1. The van der Waals surface area contributed by atoms with Crippen LogP contribution in [0.3, 0.4) is 0 Å². The number of hydrogen-bond donors (Lipinski definition) is 1. The third-order valence-electron chi connectivity index (χ3n) is 1.34. The van der Waals surface area contributed by atoms with Crippen LogP contribution in [-0.2, 0) is 0 Å². The Bertz CT molecular complexity index is 433. The Morgan fingerprint density at radius 2 is 2.29 bits per heavy atom. The molecule has 5 nitrogen and oxygen atoms in total. The summed E-state index contributed by atoms with van der Waals surface area (Å²) in [6.45, 7) is 0. The quantitative estimate of drug-likeness (QED) is 0.757. The number of anilines is 1. The molecule has 0 spiro atoms. The third kappa shape index (κ3) is 1.82. The second-order valence-electron chi connectivity index (χ2n) is 2.29. The molecule has 2 heterocycles. The molecular formula is C7H5FN4OS. The zero-order chi connectivity index (χ0) is 9.97. The van der Waals surface area contributed by atoms with Gasteiger partial charge >= 0.3 is 0 Å². The maximum atomic E-state index is 12.7. The Labute approximate surface area is 82.6 Å². The van der Waals surface area contributed by atoms with Gasteiger partial charge in [0.05, 0.1) is 12.4 Å². The van der Waals surface area contributed by atoms with Crippen LogP contribution in [0, 0.1) is 5.82 Å². The fourth-order valence-electron chi connectivity index (χ4n) is 0.751. The van der Waals surface area contributed by atoms with Crippen LogP contribution in [0.1, 0.15) is 0 Å². The fraction of sp³-hybridized carbons (Fsp3) is 0. The van der Waals surface area contributed by atoms with E-state index in [0.29, 0.717) is 10.4 Å². The van der Waals surface area contributed by atoms with Gasteiger partial charge in [-0.2, -0.15) is 0 Å². The van der Waals surface area contributed by atoms with Crippen molar-refractivity contribution in [1.82, 2.24) is 15.0 Å². The summed E-state index contributed by atoms with van der Waals surface area (Å²) in [5, 5.41) is 0.683. The zero-order valence-corrected chi connectivity index (χ0v) is 7.66. The average molecular weight is 212 g/mol. The van der Waals surface area contributed by atoms with Crippen LogP contribution >= 0.6 is 11.8 Å². The van der Waals surface area contributed by atoms with Crippen LogP contribution in [-0.4, -0.2) is 15.0 Å². The molecule has 0 bridgehead atoms. The predicted molar refractivity (Wildman–Crippen MR) is 47.0 cm³/mol. The number of nitrogens with zero attached hydrogens (tertiary/aromatic N) is 3. The van der Waals surface area contributed by atoms with Crippen molar-refractivity contribution in [2.24, 2.45) is 0 Å². The molecule has 0 saturated carbocycles. The Morgan fingerprint density at radius 1 is 1.43 bits per heavy atom. The summed E-state index contributed by atoms with van der Waals surface area (Å²) in [6.07, 6.45) is 3.93. The van der Waals surface area contributed by atoms with Crippen molar-refractivity contribution in [3.63, 3.8) is 0 Å². The van der Waals surface area contributed by atoms with Gasteiger partial charge in [0, 0.05) is 11.8 Å². The number of rotatable bonds is 2. The molecule has 2 N–H and O–H groups in total. The summed E-state index contributed by atoms with van der Waals surface area (Å²) in [4.78, 5) is 11.3. The first-order chi connectivity index (χ1) is 6.75. The van der Waals surface area contributed by atoms with Crippen molar-refractivity contribution in [1.29, 1.82) is 0 Å². The van der Waals surface area contributed by atoms with E-state index in [1.54, 1.807) is 0 Å². The minimum absolute atomic E-state index is 0.186. The summed E-state index contributed by atoms with van der Waals surface area (Å²) in [6, 6.07) is 0. The van der Waals surface area contributed by atoms with E-state index in [0.717, 1.165) is 18.0 Å².